The lowest BCUT2D eigenvalue weighted by Crippen LogP contribution is -1.91. The predicted octanol–water partition coefficient (Wildman–Crippen LogP) is 3.49. The normalized spacial score (nSPS) is 19.9. The molecule has 3 heteroatoms. The molecule has 1 aromatic carbocycles. The molecule has 0 radical (unpaired) electrons. The van der Waals surface area contributed by atoms with Crippen molar-refractivity contribution in [2.75, 3.05) is 0 Å². The van der Waals surface area contributed by atoms with Crippen LogP contribution in [0.25, 0.3) is 5.57 Å². The molecule has 0 N–H and O–H groups in total. The molecule has 1 aromatic rings. The fourth-order valence-corrected chi connectivity index (χ4v) is 2.87. The van der Waals surface area contributed by atoms with Gasteiger partial charge in [-0.2, -0.15) is 0 Å². The predicted molar refractivity (Wildman–Crippen MR) is 68.5 cm³/mol. The van der Waals surface area contributed by atoms with E-state index in [2.05, 4.69) is 13.0 Å². The first-order valence-electron chi connectivity index (χ1n) is 5.86. The Kier molecular flexibility index (Phi) is 3.88. The summed E-state index contributed by atoms with van der Waals surface area (Å²) in [4.78, 5) is 11.3. The molecule has 2 unspecified atom stereocenters. The minimum atomic E-state index is -2.51. The fourth-order valence-electron chi connectivity index (χ4n) is 2.16. The lowest BCUT2D eigenvalue weighted by molar-refractivity contribution is -0.161. The van der Waals surface area contributed by atoms with E-state index in [4.69, 9.17) is 0 Å². The Labute approximate surface area is 103 Å². The summed E-state index contributed by atoms with van der Waals surface area (Å²) in [6.07, 6.45) is 6.00. The average Bonchev–Trinajstić information content (AvgIpc) is 2.75. The number of hydrogen-bond donors (Lipinski definition) is 0. The highest BCUT2D eigenvalue weighted by atomic mass is 31.1. The number of allylic oxidation sites excluding steroid dienone is 4. The van der Waals surface area contributed by atoms with E-state index >= 15 is 0 Å². The Bertz CT molecular complexity index is 474. The molecular weight excluding hydrogens is 231 g/mol. The van der Waals surface area contributed by atoms with E-state index in [1.54, 1.807) is 0 Å². The molecule has 2 rings (SSSR count). The van der Waals surface area contributed by atoms with Crippen LogP contribution < -0.4 is 4.89 Å². The third-order valence-corrected chi connectivity index (χ3v) is 3.72. The van der Waals surface area contributed by atoms with Crippen molar-refractivity contribution in [2.45, 2.75) is 19.8 Å². The molecule has 2 nitrogen and oxygen atoms in total. The summed E-state index contributed by atoms with van der Waals surface area (Å²) in [6.45, 7) is 2.11. The Morgan fingerprint density at radius 2 is 1.94 bits per heavy atom. The second kappa shape index (κ2) is 5.39. The molecule has 0 bridgehead atoms. The zero-order chi connectivity index (χ0) is 12.3. The van der Waals surface area contributed by atoms with Gasteiger partial charge in [-0.25, -0.2) is 0 Å². The first-order valence-corrected chi connectivity index (χ1v) is 7.04. The molecule has 0 saturated carbocycles. The molecule has 0 aromatic heterocycles. The summed E-state index contributed by atoms with van der Waals surface area (Å²) in [5.74, 6) is 0.262. The van der Waals surface area contributed by atoms with Crippen LogP contribution in [0.1, 0.15) is 25.3 Å². The van der Waals surface area contributed by atoms with Gasteiger partial charge in [0.1, 0.15) is 0 Å². The molecule has 17 heavy (non-hydrogen) atoms. The SMILES string of the molecule is CCCC1C=C(c2ccccc2)C([P+](=O)[O-])=C1. The monoisotopic (exact) mass is 246 g/mol. The largest absolute Gasteiger partial charge is 0.591 e. The Balaban J connectivity index is 2.35. The molecule has 1 aliphatic carbocycles. The van der Waals surface area contributed by atoms with E-state index in [9.17, 15) is 9.46 Å². The minimum absolute atomic E-state index is 0.262. The van der Waals surface area contributed by atoms with Crippen molar-refractivity contribution in [1.82, 2.24) is 0 Å². The van der Waals surface area contributed by atoms with Crippen molar-refractivity contribution < 1.29 is 9.46 Å². The summed E-state index contributed by atoms with van der Waals surface area (Å²) in [7, 11) is -2.51. The van der Waals surface area contributed by atoms with Gasteiger partial charge in [-0.3, -0.25) is 0 Å². The third kappa shape index (κ3) is 2.71. The van der Waals surface area contributed by atoms with Crippen molar-refractivity contribution in [3.8, 4) is 0 Å². The summed E-state index contributed by atoms with van der Waals surface area (Å²) >= 11 is 0. The fraction of sp³-hybridized carbons (Fsp3) is 0.286. The van der Waals surface area contributed by atoms with Crippen molar-refractivity contribution in [3.05, 3.63) is 53.4 Å². The van der Waals surface area contributed by atoms with Gasteiger partial charge < -0.3 is 4.89 Å². The molecule has 0 saturated heterocycles. The van der Waals surface area contributed by atoms with Crippen LogP contribution in [-0.2, 0) is 4.57 Å². The van der Waals surface area contributed by atoms with E-state index in [0.29, 0.717) is 5.31 Å². The van der Waals surface area contributed by atoms with Gasteiger partial charge in [-0.05, 0) is 18.1 Å². The zero-order valence-corrected chi connectivity index (χ0v) is 10.7. The molecule has 0 amide bonds. The van der Waals surface area contributed by atoms with Crippen molar-refractivity contribution in [1.29, 1.82) is 0 Å². The van der Waals surface area contributed by atoms with E-state index in [0.717, 1.165) is 24.0 Å². The van der Waals surface area contributed by atoms with E-state index in [-0.39, 0.29) is 5.92 Å². The molecule has 1 aliphatic rings. The quantitative estimate of drug-likeness (QED) is 0.763. The average molecular weight is 246 g/mol. The van der Waals surface area contributed by atoms with Gasteiger partial charge in [0.2, 0.25) is 0 Å². The van der Waals surface area contributed by atoms with Gasteiger partial charge in [0.05, 0.1) is 0 Å². The summed E-state index contributed by atoms with van der Waals surface area (Å²) < 4.78 is 11.3. The Morgan fingerprint density at radius 3 is 2.53 bits per heavy atom. The lowest BCUT2D eigenvalue weighted by Gasteiger charge is -2.01. The summed E-state index contributed by atoms with van der Waals surface area (Å²) in [5, 5.41) is 0.477. The lowest BCUT2D eigenvalue weighted by atomic mass is 10.0. The van der Waals surface area contributed by atoms with Crippen LogP contribution in [-0.4, -0.2) is 0 Å². The molecule has 2 atom stereocenters. The zero-order valence-electron chi connectivity index (χ0n) is 9.80. The van der Waals surface area contributed by atoms with Crippen LogP contribution >= 0.6 is 8.03 Å². The highest BCUT2D eigenvalue weighted by molar-refractivity contribution is 7.42. The van der Waals surface area contributed by atoms with E-state index in [1.165, 1.54) is 0 Å². The van der Waals surface area contributed by atoms with Crippen molar-refractivity contribution >= 4 is 13.6 Å². The highest BCUT2D eigenvalue weighted by Gasteiger charge is 2.26. The van der Waals surface area contributed by atoms with Gasteiger partial charge in [0, 0.05) is 11.5 Å². The van der Waals surface area contributed by atoms with Crippen LogP contribution in [0.3, 0.4) is 0 Å². The second-order valence-electron chi connectivity index (χ2n) is 4.21. The Morgan fingerprint density at radius 1 is 1.24 bits per heavy atom. The standard InChI is InChI=1S/C14H15O2P/c1-2-6-11-9-13(14(10-11)17(15)16)12-7-4-3-5-8-12/h3-5,7-11H,2,6H2,1H3. The third-order valence-electron chi connectivity index (χ3n) is 2.93. The van der Waals surface area contributed by atoms with Gasteiger partial charge in [-0.15, -0.1) is 0 Å². The molecule has 0 heterocycles. The smallest absolute Gasteiger partial charge is 0.349 e. The topological polar surface area (TPSA) is 40.1 Å². The summed E-state index contributed by atoms with van der Waals surface area (Å²) in [6, 6.07) is 9.69. The first kappa shape index (κ1) is 12.2. The molecule has 0 aliphatic heterocycles. The van der Waals surface area contributed by atoms with Gasteiger partial charge in [0.15, 0.2) is 5.31 Å². The molecule has 0 spiro atoms. The molecule has 0 fully saturated rings. The number of hydrogen-bond acceptors (Lipinski definition) is 2. The number of benzene rings is 1. The number of rotatable bonds is 4. The van der Waals surface area contributed by atoms with Gasteiger partial charge in [-0.1, -0.05) is 54.3 Å². The van der Waals surface area contributed by atoms with Crippen molar-refractivity contribution in [3.63, 3.8) is 0 Å². The van der Waals surface area contributed by atoms with Gasteiger partial charge >= 0.3 is 8.03 Å². The van der Waals surface area contributed by atoms with E-state index < -0.39 is 8.03 Å². The maximum absolute atomic E-state index is 11.3. The van der Waals surface area contributed by atoms with E-state index in [1.807, 2.05) is 36.4 Å². The Hall–Kier alpha value is -1.24. The van der Waals surface area contributed by atoms with Crippen LogP contribution in [0.5, 0.6) is 0 Å². The van der Waals surface area contributed by atoms with Crippen LogP contribution in [0.4, 0.5) is 0 Å². The highest BCUT2D eigenvalue weighted by Crippen LogP contribution is 2.43. The molecular formula is C14H15O2P. The van der Waals surface area contributed by atoms with Crippen LogP contribution in [0, 0.1) is 5.92 Å². The first-order chi connectivity index (χ1) is 8.22. The second-order valence-corrected chi connectivity index (χ2v) is 5.20. The minimum Gasteiger partial charge on any atom is -0.591 e. The molecule has 88 valence electrons. The van der Waals surface area contributed by atoms with Crippen LogP contribution in [0.2, 0.25) is 0 Å². The maximum Gasteiger partial charge on any atom is 0.349 e. The van der Waals surface area contributed by atoms with Crippen LogP contribution in [0.15, 0.2) is 47.8 Å². The maximum atomic E-state index is 11.3. The van der Waals surface area contributed by atoms with Gasteiger partial charge in [0.25, 0.3) is 0 Å². The van der Waals surface area contributed by atoms with Crippen molar-refractivity contribution in [2.24, 2.45) is 5.92 Å². The summed E-state index contributed by atoms with van der Waals surface area (Å²) in [5.41, 5.74) is 1.84.